The van der Waals surface area contributed by atoms with Crippen molar-refractivity contribution in [2.45, 2.75) is 46.0 Å². The van der Waals surface area contributed by atoms with Crippen molar-refractivity contribution < 1.29 is 20.2 Å². The Bertz CT molecular complexity index is 891. The van der Waals surface area contributed by atoms with Crippen LogP contribution in [0.1, 0.15) is 57.7 Å². The Balaban J connectivity index is 0.00000156. The fraction of sp³-hybridized carbons (Fsp3) is 0.522. The molecule has 7 heteroatoms. The molecular weight excluding hydrogens is 385 g/mol. The summed E-state index contributed by atoms with van der Waals surface area (Å²) in [5.41, 5.74) is 0.658. The summed E-state index contributed by atoms with van der Waals surface area (Å²) in [6.07, 6.45) is 6.83. The number of carbonyl (C=O) groups excluding carboxylic acids is 3. The molecule has 2 aromatic rings. The zero-order valence-electron chi connectivity index (χ0n) is 18.3. The van der Waals surface area contributed by atoms with E-state index in [1.54, 1.807) is 14.1 Å². The lowest BCUT2D eigenvalue weighted by molar-refractivity contribution is -0.137. The summed E-state index contributed by atoms with van der Waals surface area (Å²) >= 11 is 0. The summed E-state index contributed by atoms with van der Waals surface area (Å²) in [7, 11) is 3.25. The van der Waals surface area contributed by atoms with Crippen molar-refractivity contribution in [3.63, 3.8) is 0 Å². The van der Waals surface area contributed by atoms with Gasteiger partial charge in [-0.2, -0.15) is 0 Å². The smallest absolute Gasteiger partial charge is 0.295 e. The first-order chi connectivity index (χ1) is 14.4. The van der Waals surface area contributed by atoms with Crippen LogP contribution in [-0.4, -0.2) is 59.6 Å². The molecule has 166 valence electrons. The third-order valence-corrected chi connectivity index (χ3v) is 5.40. The number of hydrogen-bond acceptors (Lipinski definition) is 3. The summed E-state index contributed by atoms with van der Waals surface area (Å²) in [5.74, 6) is -1.71. The van der Waals surface area contributed by atoms with E-state index in [0.717, 1.165) is 25.7 Å². The average Bonchev–Trinajstić information content (AvgIpc) is 3.17. The lowest BCUT2D eigenvalue weighted by Crippen LogP contribution is -2.45. The van der Waals surface area contributed by atoms with Crippen molar-refractivity contribution in [2.75, 3.05) is 27.2 Å². The van der Waals surface area contributed by atoms with E-state index in [4.69, 9.17) is 0 Å². The zero-order chi connectivity index (χ0) is 22.3. The van der Waals surface area contributed by atoms with Gasteiger partial charge in [0.1, 0.15) is 12.4 Å². The molecule has 1 aliphatic carbocycles. The molecular formula is C23H34FN3O3. The zero-order valence-corrected chi connectivity index (χ0v) is 18.3. The van der Waals surface area contributed by atoms with Crippen molar-refractivity contribution in [1.82, 2.24) is 14.8 Å². The Morgan fingerprint density at radius 1 is 1.13 bits per heavy atom. The van der Waals surface area contributed by atoms with Gasteiger partial charge in [-0.15, -0.1) is 0 Å². The molecule has 1 saturated carbocycles. The van der Waals surface area contributed by atoms with Gasteiger partial charge in [0.25, 0.3) is 11.7 Å². The first-order valence-electron chi connectivity index (χ1n) is 10.7. The Hall–Kier alpha value is -2.70. The topological polar surface area (TPSA) is 73.5 Å². The number of benzene rings is 1. The maximum Gasteiger partial charge on any atom is 0.295 e. The fourth-order valence-corrected chi connectivity index (χ4v) is 3.75. The molecule has 1 heterocycles. The van der Waals surface area contributed by atoms with Gasteiger partial charge in [0.2, 0.25) is 5.91 Å². The molecule has 30 heavy (non-hydrogen) atoms. The van der Waals surface area contributed by atoms with Gasteiger partial charge in [-0.25, -0.2) is 4.39 Å². The normalized spacial score (nSPS) is 14.0. The molecule has 0 atom stereocenters. The van der Waals surface area contributed by atoms with Crippen LogP contribution in [0.5, 0.6) is 0 Å². The number of carbonyl (C=O) groups is 3. The van der Waals surface area contributed by atoms with E-state index >= 15 is 0 Å². The molecule has 2 amide bonds. The third kappa shape index (κ3) is 5.68. The van der Waals surface area contributed by atoms with Crippen LogP contribution in [0, 0.1) is 11.7 Å². The van der Waals surface area contributed by atoms with Crippen LogP contribution >= 0.6 is 0 Å². The van der Waals surface area contributed by atoms with Gasteiger partial charge in [0.05, 0.1) is 5.56 Å². The maximum absolute atomic E-state index is 13.4. The fourth-order valence-electron chi connectivity index (χ4n) is 3.75. The maximum atomic E-state index is 13.4. The first-order valence-corrected chi connectivity index (χ1v) is 10.7. The number of nitrogens with one attached hydrogen (secondary N) is 1. The van der Waals surface area contributed by atoms with Gasteiger partial charge in [0.15, 0.2) is 0 Å². The summed E-state index contributed by atoms with van der Waals surface area (Å²) in [6, 6.07) is 4.02. The van der Waals surface area contributed by atoms with Crippen molar-refractivity contribution >= 4 is 28.5 Å². The van der Waals surface area contributed by atoms with Gasteiger partial charge < -0.3 is 14.8 Å². The van der Waals surface area contributed by atoms with Gasteiger partial charge in [-0.1, -0.05) is 33.1 Å². The van der Waals surface area contributed by atoms with E-state index in [9.17, 15) is 18.8 Å². The molecule has 0 spiro atoms. The highest BCUT2D eigenvalue weighted by molar-refractivity contribution is 6.45. The van der Waals surface area contributed by atoms with Gasteiger partial charge in [-0.05, 0) is 37.0 Å². The van der Waals surface area contributed by atoms with E-state index in [1.165, 1.54) is 40.6 Å². The van der Waals surface area contributed by atoms with Crippen LogP contribution in [0.2, 0.25) is 0 Å². The molecule has 0 aliphatic heterocycles. The quantitative estimate of drug-likeness (QED) is 0.562. The third-order valence-electron chi connectivity index (χ3n) is 5.40. The van der Waals surface area contributed by atoms with Crippen molar-refractivity contribution in [1.29, 1.82) is 0 Å². The number of H-pyrrole nitrogens is 1. The van der Waals surface area contributed by atoms with E-state index < -0.39 is 17.5 Å². The van der Waals surface area contributed by atoms with Gasteiger partial charge in [0, 0.05) is 39.2 Å². The molecule has 0 radical (unpaired) electrons. The second-order valence-electron chi connectivity index (χ2n) is 7.70. The van der Waals surface area contributed by atoms with Crippen molar-refractivity contribution in [2.24, 2.45) is 5.92 Å². The number of rotatable bonds is 6. The Morgan fingerprint density at radius 2 is 1.80 bits per heavy atom. The highest BCUT2D eigenvalue weighted by atomic mass is 19.1. The minimum Gasteiger partial charge on any atom is -0.360 e. The molecule has 0 unspecified atom stereocenters. The van der Waals surface area contributed by atoms with E-state index in [0.29, 0.717) is 23.4 Å². The van der Waals surface area contributed by atoms with Crippen LogP contribution < -0.4 is 0 Å². The van der Waals surface area contributed by atoms with E-state index in [2.05, 4.69) is 4.98 Å². The average molecular weight is 420 g/mol. The lowest BCUT2D eigenvalue weighted by Gasteiger charge is -2.29. The number of hydrogen-bond donors (Lipinski definition) is 1. The number of ketones is 1. The molecule has 1 fully saturated rings. The SMILES string of the molecule is CC.CN(C)C(=O)CN(CC1CCCCC1)C(=O)C(=O)c1c[nH]c2cc(F)ccc12.[HH]. The highest BCUT2D eigenvalue weighted by Crippen LogP contribution is 2.25. The molecule has 0 bridgehead atoms. The second-order valence-corrected chi connectivity index (χ2v) is 7.70. The molecule has 1 aromatic carbocycles. The van der Waals surface area contributed by atoms with Crippen molar-refractivity contribution in [3.8, 4) is 0 Å². The molecule has 0 saturated heterocycles. The second kappa shape index (κ2) is 10.9. The highest BCUT2D eigenvalue weighted by Gasteiger charge is 2.29. The van der Waals surface area contributed by atoms with Crippen molar-refractivity contribution in [3.05, 3.63) is 35.8 Å². The Morgan fingerprint density at radius 3 is 2.43 bits per heavy atom. The Labute approximate surface area is 178 Å². The van der Waals surface area contributed by atoms with Crippen LogP contribution in [0.15, 0.2) is 24.4 Å². The number of amides is 2. The van der Waals surface area contributed by atoms with E-state index in [1.807, 2.05) is 13.8 Å². The van der Waals surface area contributed by atoms with Gasteiger partial charge in [-0.3, -0.25) is 14.4 Å². The van der Waals surface area contributed by atoms with E-state index in [-0.39, 0.29) is 19.4 Å². The predicted octanol–water partition coefficient (Wildman–Crippen LogP) is 4.26. The number of nitrogens with zero attached hydrogens (tertiary/aromatic N) is 2. The molecule has 6 nitrogen and oxygen atoms in total. The first kappa shape index (κ1) is 23.6. The molecule has 1 aliphatic rings. The van der Waals surface area contributed by atoms with Crippen LogP contribution in [0.4, 0.5) is 4.39 Å². The number of Topliss-reactive ketones (excluding diaryl/α,β-unsaturated/α-hetero) is 1. The summed E-state index contributed by atoms with van der Waals surface area (Å²) < 4.78 is 13.4. The van der Waals surface area contributed by atoms with Crippen LogP contribution in [0.25, 0.3) is 10.9 Å². The standard InChI is InChI=1S/C21H26FN3O3.C2H6.H2/c1-24(2)19(26)13-25(12-14-6-4-3-5-7-14)21(28)20(27)17-11-23-18-10-15(22)8-9-16(17)18;1-2;/h8-11,14,23H,3-7,12-13H2,1-2H3;1-2H3;1H. The molecule has 1 N–H and O–H groups in total. The van der Waals surface area contributed by atoms with Crippen LogP contribution in [0.3, 0.4) is 0 Å². The number of aromatic nitrogens is 1. The number of likely N-dealkylation sites (N-methyl/N-ethyl adjacent to an activating group) is 1. The monoisotopic (exact) mass is 419 g/mol. The number of halogens is 1. The number of fused-ring (bicyclic) bond motifs is 1. The summed E-state index contributed by atoms with van der Waals surface area (Å²) in [4.78, 5) is 43.8. The van der Waals surface area contributed by atoms with Gasteiger partial charge >= 0.3 is 0 Å². The summed E-state index contributed by atoms with van der Waals surface area (Å²) in [5, 5.41) is 0.497. The molecule has 3 rings (SSSR count). The largest absolute Gasteiger partial charge is 0.360 e. The predicted molar refractivity (Wildman–Crippen MR) is 118 cm³/mol. The minimum absolute atomic E-state index is 0. The summed E-state index contributed by atoms with van der Waals surface area (Å²) in [6.45, 7) is 4.28. The minimum atomic E-state index is -0.689. The number of aromatic amines is 1. The lowest BCUT2D eigenvalue weighted by atomic mass is 9.89. The molecule has 1 aromatic heterocycles. The Kier molecular flexibility index (Phi) is 8.57. The van der Waals surface area contributed by atoms with Crippen LogP contribution in [-0.2, 0) is 9.59 Å².